The summed E-state index contributed by atoms with van der Waals surface area (Å²) in [7, 11) is 1.51. The van der Waals surface area contributed by atoms with Gasteiger partial charge in [0, 0.05) is 48.0 Å². The zero-order valence-electron chi connectivity index (χ0n) is 35.9. The summed E-state index contributed by atoms with van der Waals surface area (Å²) in [5.74, 6) is -5.88. The molecule has 1 aromatic heterocycles. The standard InChI is InChI=1S/C45H51F4N5O9/c1-44(2,3)38(53-43(60)63-45(4,5)6)41(57)54-23-27(62-36-21-32(24-11-9-8-10-12-24)51-33-19-26(61-7)13-14-29(33)36)20-35(54)40(56)52-34(22-37(48)49)39(55)50-16-15-28-30(46)17-25(42(58)59)18-31(28)47/h8-14,17-19,21,27,34-35,37-38H,15-16,20,22-23H2,1-7H3,(H,50,55)(H,52,56)(H,53,60)(H,58,59)/t27-,34?,35+,38-/m1/s1. The molecule has 1 saturated heterocycles. The van der Waals surface area contributed by atoms with Gasteiger partial charge >= 0.3 is 12.1 Å². The summed E-state index contributed by atoms with van der Waals surface area (Å²) >= 11 is 0. The number of nitrogens with one attached hydrogen (secondary N) is 3. The number of ether oxygens (including phenoxy) is 3. The predicted molar refractivity (Wildman–Crippen MR) is 223 cm³/mol. The van der Waals surface area contributed by atoms with Crippen molar-refractivity contribution < 1.29 is 60.9 Å². The third-order valence-electron chi connectivity index (χ3n) is 10.1. The zero-order valence-corrected chi connectivity index (χ0v) is 35.9. The molecule has 0 radical (unpaired) electrons. The summed E-state index contributed by atoms with van der Waals surface area (Å²) < 4.78 is 74.5. The number of rotatable bonds is 15. The number of fused-ring (bicyclic) bond motifs is 1. The van der Waals surface area contributed by atoms with Crippen molar-refractivity contribution in [3.05, 3.63) is 89.5 Å². The number of methoxy groups -OCH3 is 1. The Bertz CT molecular complexity index is 2310. The molecule has 1 aliphatic rings. The highest BCUT2D eigenvalue weighted by Gasteiger charge is 2.47. The van der Waals surface area contributed by atoms with Crippen LogP contribution in [0.15, 0.2) is 66.7 Å². The van der Waals surface area contributed by atoms with Crippen LogP contribution in [-0.2, 0) is 25.5 Å². The van der Waals surface area contributed by atoms with E-state index in [0.717, 1.165) is 5.56 Å². The molecule has 0 aliphatic carbocycles. The fourth-order valence-electron chi connectivity index (χ4n) is 7.03. The second-order valence-electron chi connectivity index (χ2n) is 17.1. The Labute approximate surface area is 361 Å². The molecule has 5 rings (SSSR count). The molecule has 2 heterocycles. The maximum absolute atomic E-state index is 14.6. The first-order chi connectivity index (χ1) is 29.5. The van der Waals surface area contributed by atoms with E-state index in [1.807, 2.05) is 30.3 Å². The van der Waals surface area contributed by atoms with E-state index in [1.165, 1.54) is 12.0 Å². The van der Waals surface area contributed by atoms with Crippen molar-refractivity contribution in [3.63, 3.8) is 0 Å². The highest BCUT2D eigenvalue weighted by Crippen LogP contribution is 2.35. The van der Waals surface area contributed by atoms with Gasteiger partial charge in [-0.15, -0.1) is 0 Å². The van der Waals surface area contributed by atoms with Crippen molar-refractivity contribution in [2.45, 2.75) is 97.1 Å². The lowest BCUT2D eigenvalue weighted by atomic mass is 9.85. The Morgan fingerprint density at radius 3 is 2.17 bits per heavy atom. The molecule has 63 heavy (non-hydrogen) atoms. The first-order valence-electron chi connectivity index (χ1n) is 20.1. The number of benzene rings is 3. The molecule has 4 atom stereocenters. The van der Waals surface area contributed by atoms with E-state index >= 15 is 0 Å². The molecule has 4 aromatic rings. The van der Waals surface area contributed by atoms with E-state index < -0.39 is 114 Å². The van der Waals surface area contributed by atoms with Crippen LogP contribution in [0.3, 0.4) is 0 Å². The fourth-order valence-corrected chi connectivity index (χ4v) is 7.03. The van der Waals surface area contributed by atoms with Gasteiger partial charge in [-0.05, 0) is 56.9 Å². The fraction of sp³-hybridized carbons (Fsp3) is 0.422. The lowest BCUT2D eigenvalue weighted by Crippen LogP contribution is -2.59. The minimum absolute atomic E-state index is 0.185. The molecule has 0 bridgehead atoms. The number of aromatic nitrogens is 1. The van der Waals surface area contributed by atoms with Crippen LogP contribution in [0, 0.1) is 17.0 Å². The Morgan fingerprint density at radius 2 is 1.59 bits per heavy atom. The van der Waals surface area contributed by atoms with Crippen molar-refractivity contribution in [3.8, 4) is 22.8 Å². The molecular formula is C45H51F4N5O9. The third-order valence-corrected chi connectivity index (χ3v) is 10.1. The van der Waals surface area contributed by atoms with Gasteiger partial charge in [0.25, 0.3) is 0 Å². The largest absolute Gasteiger partial charge is 0.497 e. The number of carboxylic acid groups (broad SMARTS) is 1. The maximum Gasteiger partial charge on any atom is 0.408 e. The lowest BCUT2D eigenvalue weighted by Gasteiger charge is -2.36. The van der Waals surface area contributed by atoms with Crippen molar-refractivity contribution >= 4 is 40.7 Å². The smallest absolute Gasteiger partial charge is 0.408 e. The number of aromatic carboxylic acids is 1. The van der Waals surface area contributed by atoms with Crippen molar-refractivity contribution in [1.29, 1.82) is 0 Å². The summed E-state index contributed by atoms with van der Waals surface area (Å²) in [6.45, 7) is 9.31. The zero-order chi connectivity index (χ0) is 46.4. The molecule has 1 aliphatic heterocycles. The van der Waals surface area contributed by atoms with Gasteiger partial charge in [-0.2, -0.15) is 0 Å². The third kappa shape index (κ3) is 12.3. The summed E-state index contributed by atoms with van der Waals surface area (Å²) in [4.78, 5) is 72.4. The van der Waals surface area contributed by atoms with Gasteiger partial charge in [-0.25, -0.2) is 32.1 Å². The minimum Gasteiger partial charge on any atom is -0.497 e. The van der Waals surface area contributed by atoms with Gasteiger partial charge < -0.3 is 40.2 Å². The van der Waals surface area contributed by atoms with Gasteiger partial charge in [0.15, 0.2) is 0 Å². The van der Waals surface area contributed by atoms with Gasteiger partial charge in [0.1, 0.15) is 53.0 Å². The quantitative estimate of drug-likeness (QED) is 0.0941. The summed E-state index contributed by atoms with van der Waals surface area (Å²) in [6, 6.07) is 12.8. The first-order valence-corrected chi connectivity index (χ1v) is 20.1. The van der Waals surface area contributed by atoms with E-state index in [0.29, 0.717) is 40.2 Å². The number of alkyl carbamates (subject to hydrolysis) is 1. The van der Waals surface area contributed by atoms with Gasteiger partial charge in [0.05, 0.1) is 30.4 Å². The maximum atomic E-state index is 14.6. The number of amides is 4. The van der Waals surface area contributed by atoms with Crippen LogP contribution >= 0.6 is 0 Å². The normalized spacial score (nSPS) is 16.3. The molecule has 14 nitrogen and oxygen atoms in total. The SMILES string of the molecule is COc1ccc2c(O[C@@H]3C[C@@H](C(=O)NC(CC(F)F)C(=O)NCCc4c(F)cc(C(=O)O)cc4F)N(C(=O)[C@@H](NC(=O)OC(C)(C)C)C(C)(C)C)C3)cc(-c3ccccc3)nc2c1. The molecule has 338 valence electrons. The van der Waals surface area contributed by atoms with Crippen LogP contribution in [0.25, 0.3) is 22.2 Å². The number of hydrogen-bond donors (Lipinski definition) is 4. The molecule has 0 spiro atoms. The highest BCUT2D eigenvalue weighted by atomic mass is 19.3. The van der Waals surface area contributed by atoms with Crippen molar-refractivity contribution in [2.75, 3.05) is 20.2 Å². The predicted octanol–water partition coefficient (Wildman–Crippen LogP) is 6.67. The number of hydrogen-bond acceptors (Lipinski definition) is 9. The average Bonchev–Trinajstić information content (AvgIpc) is 3.63. The molecule has 3 aromatic carbocycles. The molecule has 4 N–H and O–H groups in total. The summed E-state index contributed by atoms with van der Waals surface area (Å²) in [5.41, 5.74) is -1.23. The van der Waals surface area contributed by atoms with Gasteiger partial charge in [-0.1, -0.05) is 51.1 Å². The number of carbonyl (C=O) groups excluding carboxylic acids is 4. The van der Waals surface area contributed by atoms with Crippen LogP contribution in [0.2, 0.25) is 0 Å². The topological polar surface area (TPSA) is 185 Å². The number of carbonyl (C=O) groups is 5. The molecule has 4 amide bonds. The van der Waals surface area contributed by atoms with Crippen molar-refractivity contribution in [2.24, 2.45) is 5.41 Å². The number of halogens is 4. The second kappa shape index (κ2) is 19.7. The molecular weight excluding hydrogens is 831 g/mol. The lowest BCUT2D eigenvalue weighted by molar-refractivity contribution is -0.143. The Morgan fingerprint density at radius 1 is 0.921 bits per heavy atom. The number of alkyl halides is 2. The molecule has 18 heteroatoms. The highest BCUT2D eigenvalue weighted by molar-refractivity contribution is 5.95. The van der Waals surface area contributed by atoms with E-state index in [1.54, 1.807) is 65.8 Å². The Hall–Kier alpha value is -6.46. The van der Waals surface area contributed by atoms with Crippen LogP contribution in [-0.4, -0.2) is 101 Å². The van der Waals surface area contributed by atoms with Crippen molar-refractivity contribution in [1.82, 2.24) is 25.8 Å². The van der Waals surface area contributed by atoms with E-state index in [-0.39, 0.29) is 13.0 Å². The Balaban J connectivity index is 1.45. The summed E-state index contributed by atoms with van der Waals surface area (Å²) in [6.07, 6.45) is -6.73. The van der Waals surface area contributed by atoms with E-state index in [2.05, 4.69) is 16.0 Å². The van der Waals surface area contributed by atoms with Crippen LogP contribution in [0.4, 0.5) is 22.4 Å². The molecule has 1 fully saturated rings. The Kier molecular flexibility index (Phi) is 14.9. The number of nitrogens with zero attached hydrogens (tertiary/aromatic N) is 2. The van der Waals surface area contributed by atoms with Crippen LogP contribution in [0.5, 0.6) is 11.5 Å². The van der Waals surface area contributed by atoms with Crippen LogP contribution < -0.4 is 25.4 Å². The monoisotopic (exact) mass is 881 g/mol. The number of carboxylic acids is 1. The number of pyridine rings is 1. The van der Waals surface area contributed by atoms with Gasteiger partial charge in [0.2, 0.25) is 24.1 Å². The first kappa shape index (κ1) is 47.6. The van der Waals surface area contributed by atoms with Gasteiger partial charge in [-0.3, -0.25) is 14.4 Å². The van der Waals surface area contributed by atoms with E-state index in [4.69, 9.17) is 24.3 Å². The van der Waals surface area contributed by atoms with E-state index in [9.17, 15) is 41.5 Å². The summed E-state index contributed by atoms with van der Waals surface area (Å²) in [5, 5.41) is 16.9. The second-order valence-corrected chi connectivity index (χ2v) is 17.1. The molecule has 1 unspecified atom stereocenters. The molecule has 0 saturated carbocycles. The average molecular weight is 882 g/mol. The van der Waals surface area contributed by atoms with Crippen LogP contribution in [0.1, 0.15) is 70.3 Å². The number of likely N-dealkylation sites (tertiary alicyclic amines) is 1. The minimum atomic E-state index is -3.10.